The van der Waals surface area contributed by atoms with Gasteiger partial charge in [-0.3, -0.25) is 14.4 Å². The number of carboxylic acids is 1. The van der Waals surface area contributed by atoms with E-state index in [-0.39, 0.29) is 34.2 Å². The van der Waals surface area contributed by atoms with Gasteiger partial charge in [-0.2, -0.15) is 0 Å². The van der Waals surface area contributed by atoms with Crippen molar-refractivity contribution in [2.45, 2.75) is 42.5 Å². The highest BCUT2D eigenvalue weighted by molar-refractivity contribution is 7.91. The molecular formula is C26H27N3O6S. The lowest BCUT2D eigenvalue weighted by Crippen LogP contribution is -2.33. The number of hydrogen-bond donors (Lipinski definition) is 3. The molecule has 0 saturated carbocycles. The van der Waals surface area contributed by atoms with Gasteiger partial charge in [-0.05, 0) is 41.8 Å². The SMILES string of the molecule is CCc1c(Cc2ccc(C(=O)NC)cc2S(=O)(=O)c2ccccc2)c2c(n1CC(=O)O)CCNC2=O. The van der Waals surface area contributed by atoms with Crippen molar-refractivity contribution < 1.29 is 27.9 Å². The number of benzene rings is 2. The molecule has 0 aliphatic carbocycles. The van der Waals surface area contributed by atoms with Gasteiger partial charge >= 0.3 is 5.97 Å². The van der Waals surface area contributed by atoms with Crippen LogP contribution in [0.4, 0.5) is 0 Å². The Balaban J connectivity index is 1.94. The Morgan fingerprint density at radius 1 is 1.14 bits per heavy atom. The van der Waals surface area contributed by atoms with Gasteiger partial charge in [0.25, 0.3) is 11.8 Å². The lowest BCUT2D eigenvalue weighted by molar-refractivity contribution is -0.137. The second-order valence-electron chi connectivity index (χ2n) is 8.48. The van der Waals surface area contributed by atoms with Gasteiger partial charge in [-0.15, -0.1) is 0 Å². The number of aliphatic carboxylic acids is 1. The molecule has 10 heteroatoms. The highest BCUT2D eigenvalue weighted by atomic mass is 32.2. The summed E-state index contributed by atoms with van der Waals surface area (Å²) in [6, 6.07) is 12.4. The molecule has 2 heterocycles. The fourth-order valence-electron chi connectivity index (χ4n) is 4.76. The molecule has 0 bridgehead atoms. The van der Waals surface area contributed by atoms with Gasteiger partial charge in [0.05, 0.1) is 15.4 Å². The van der Waals surface area contributed by atoms with E-state index in [1.165, 1.54) is 25.2 Å². The molecule has 0 saturated heterocycles. The maximum absolute atomic E-state index is 13.7. The minimum atomic E-state index is -4.00. The van der Waals surface area contributed by atoms with E-state index in [0.29, 0.717) is 47.5 Å². The topological polar surface area (TPSA) is 135 Å². The summed E-state index contributed by atoms with van der Waals surface area (Å²) in [5.74, 6) is -1.76. The van der Waals surface area contributed by atoms with Gasteiger partial charge in [0.2, 0.25) is 9.84 Å². The average molecular weight is 510 g/mol. The number of carboxylic acid groups (broad SMARTS) is 1. The number of carbonyl (C=O) groups is 3. The summed E-state index contributed by atoms with van der Waals surface area (Å²) < 4.78 is 29.0. The molecule has 0 radical (unpaired) electrons. The van der Waals surface area contributed by atoms with Crippen LogP contribution in [0.25, 0.3) is 0 Å². The molecule has 3 N–H and O–H groups in total. The number of hydrogen-bond acceptors (Lipinski definition) is 5. The zero-order chi connectivity index (χ0) is 26.0. The summed E-state index contributed by atoms with van der Waals surface area (Å²) >= 11 is 0. The van der Waals surface area contributed by atoms with E-state index < -0.39 is 21.7 Å². The van der Waals surface area contributed by atoms with Crippen LogP contribution in [0, 0.1) is 0 Å². The number of nitrogens with one attached hydrogen (secondary N) is 2. The van der Waals surface area contributed by atoms with Gasteiger partial charge in [-0.1, -0.05) is 31.2 Å². The molecule has 0 unspecified atom stereocenters. The number of fused-ring (bicyclic) bond motifs is 1. The second-order valence-corrected chi connectivity index (χ2v) is 10.4. The minimum Gasteiger partial charge on any atom is -0.480 e. The maximum atomic E-state index is 13.7. The Kier molecular flexibility index (Phi) is 6.98. The third kappa shape index (κ3) is 4.51. The number of carbonyl (C=O) groups excluding carboxylic acids is 2. The van der Waals surface area contributed by atoms with Crippen molar-refractivity contribution in [3.63, 3.8) is 0 Å². The molecule has 1 aliphatic rings. The van der Waals surface area contributed by atoms with Gasteiger partial charge in [0.1, 0.15) is 6.54 Å². The Hall–Kier alpha value is -3.92. The molecule has 0 fully saturated rings. The number of rotatable bonds is 8. The predicted molar refractivity (Wildman–Crippen MR) is 132 cm³/mol. The molecule has 36 heavy (non-hydrogen) atoms. The van der Waals surface area contributed by atoms with Crippen LogP contribution in [0.2, 0.25) is 0 Å². The Labute approximate surface area is 209 Å². The molecule has 2 aromatic carbocycles. The lowest BCUT2D eigenvalue weighted by Gasteiger charge is -2.17. The first-order chi connectivity index (χ1) is 17.2. The molecule has 1 aliphatic heterocycles. The summed E-state index contributed by atoms with van der Waals surface area (Å²) in [5, 5.41) is 14.8. The smallest absolute Gasteiger partial charge is 0.323 e. The zero-order valence-electron chi connectivity index (χ0n) is 20.0. The molecule has 4 rings (SSSR count). The van der Waals surface area contributed by atoms with Crippen LogP contribution in [0.15, 0.2) is 58.3 Å². The fourth-order valence-corrected chi connectivity index (χ4v) is 6.30. The Morgan fingerprint density at radius 3 is 2.50 bits per heavy atom. The van der Waals surface area contributed by atoms with Gasteiger partial charge in [0.15, 0.2) is 0 Å². The molecule has 188 valence electrons. The van der Waals surface area contributed by atoms with Crippen LogP contribution in [-0.4, -0.2) is 49.5 Å². The standard InChI is InChI=1S/C26H27N3O6S/c1-3-20-19(24-21(11-12-28-26(24)33)29(20)15-23(30)31)13-16-9-10-17(25(32)27-2)14-22(16)36(34,35)18-7-5-4-6-8-18/h4-10,14H,3,11-13,15H2,1-2H3,(H,27,32)(H,28,33)(H,30,31). The molecule has 2 amide bonds. The van der Waals surface area contributed by atoms with Crippen LogP contribution in [-0.2, 0) is 40.4 Å². The minimum absolute atomic E-state index is 0.0344. The van der Waals surface area contributed by atoms with Gasteiger partial charge in [0, 0.05) is 43.4 Å². The summed E-state index contributed by atoms with van der Waals surface area (Å²) in [6.07, 6.45) is 1.02. The van der Waals surface area contributed by atoms with Crippen molar-refractivity contribution in [2.75, 3.05) is 13.6 Å². The van der Waals surface area contributed by atoms with Crippen LogP contribution in [0.5, 0.6) is 0 Å². The van der Waals surface area contributed by atoms with Crippen LogP contribution in [0.1, 0.15) is 50.2 Å². The van der Waals surface area contributed by atoms with Crippen molar-refractivity contribution in [3.8, 4) is 0 Å². The maximum Gasteiger partial charge on any atom is 0.323 e. The lowest BCUT2D eigenvalue weighted by atomic mass is 9.96. The Morgan fingerprint density at radius 2 is 1.86 bits per heavy atom. The summed E-state index contributed by atoms with van der Waals surface area (Å²) in [6.45, 7) is 1.98. The number of sulfone groups is 1. The Bertz CT molecular complexity index is 1460. The quantitative estimate of drug-likeness (QED) is 0.426. The second kappa shape index (κ2) is 9.98. The van der Waals surface area contributed by atoms with Crippen LogP contribution < -0.4 is 10.6 Å². The molecular weight excluding hydrogens is 482 g/mol. The van der Waals surface area contributed by atoms with E-state index in [1.807, 2.05) is 6.92 Å². The first-order valence-corrected chi connectivity index (χ1v) is 13.1. The third-order valence-electron chi connectivity index (χ3n) is 6.36. The summed E-state index contributed by atoms with van der Waals surface area (Å²) in [7, 11) is -2.54. The van der Waals surface area contributed by atoms with E-state index >= 15 is 0 Å². The molecule has 0 spiro atoms. The molecule has 9 nitrogen and oxygen atoms in total. The average Bonchev–Trinajstić information content (AvgIpc) is 3.16. The van der Waals surface area contributed by atoms with E-state index in [1.54, 1.807) is 34.9 Å². The van der Waals surface area contributed by atoms with E-state index in [0.717, 1.165) is 0 Å². The predicted octanol–water partition coefficient (Wildman–Crippen LogP) is 2.20. The van der Waals surface area contributed by atoms with Crippen LogP contribution >= 0.6 is 0 Å². The van der Waals surface area contributed by atoms with Crippen molar-refractivity contribution in [1.29, 1.82) is 0 Å². The number of amides is 2. The van der Waals surface area contributed by atoms with Crippen molar-refractivity contribution in [1.82, 2.24) is 15.2 Å². The third-order valence-corrected chi connectivity index (χ3v) is 8.21. The van der Waals surface area contributed by atoms with E-state index in [9.17, 15) is 27.9 Å². The van der Waals surface area contributed by atoms with Crippen molar-refractivity contribution in [2.24, 2.45) is 0 Å². The highest BCUT2D eigenvalue weighted by Gasteiger charge is 2.31. The first kappa shape index (κ1) is 25.2. The van der Waals surface area contributed by atoms with E-state index in [4.69, 9.17) is 0 Å². The largest absolute Gasteiger partial charge is 0.480 e. The molecule has 3 aromatic rings. The number of nitrogens with zero attached hydrogens (tertiary/aromatic N) is 1. The van der Waals surface area contributed by atoms with Gasteiger partial charge in [-0.25, -0.2) is 8.42 Å². The van der Waals surface area contributed by atoms with Crippen molar-refractivity contribution >= 4 is 27.6 Å². The summed E-state index contributed by atoms with van der Waals surface area (Å²) in [5.41, 5.74) is 2.92. The molecule has 0 atom stereocenters. The van der Waals surface area contributed by atoms with Crippen LogP contribution in [0.3, 0.4) is 0 Å². The summed E-state index contributed by atoms with van der Waals surface area (Å²) in [4.78, 5) is 36.9. The van der Waals surface area contributed by atoms with Crippen molar-refractivity contribution in [3.05, 3.63) is 82.2 Å². The number of aromatic nitrogens is 1. The fraction of sp³-hybridized carbons (Fsp3) is 0.269. The van der Waals surface area contributed by atoms with E-state index in [2.05, 4.69) is 10.6 Å². The first-order valence-electron chi connectivity index (χ1n) is 11.6. The molecule has 1 aromatic heterocycles. The van der Waals surface area contributed by atoms with Gasteiger partial charge < -0.3 is 20.3 Å². The highest BCUT2D eigenvalue weighted by Crippen LogP contribution is 2.33. The normalized spacial score (nSPS) is 13.1. The zero-order valence-corrected chi connectivity index (χ0v) is 20.8. The monoisotopic (exact) mass is 509 g/mol.